The summed E-state index contributed by atoms with van der Waals surface area (Å²) >= 11 is 0. The van der Waals surface area contributed by atoms with Crippen LogP contribution in [0, 0.1) is 12.3 Å². The highest BCUT2D eigenvalue weighted by Gasteiger charge is 2.39. The molecule has 0 atom stereocenters. The van der Waals surface area contributed by atoms with Crippen LogP contribution in [0.5, 0.6) is 5.75 Å². The molecule has 0 spiro atoms. The quantitative estimate of drug-likeness (QED) is 0.675. The Morgan fingerprint density at radius 2 is 1.94 bits per heavy atom. The zero-order valence-corrected chi connectivity index (χ0v) is 12.1. The molecule has 0 saturated carbocycles. The van der Waals surface area contributed by atoms with E-state index in [1.54, 1.807) is 0 Å². The van der Waals surface area contributed by atoms with Crippen molar-refractivity contribution < 1.29 is 4.74 Å². The van der Waals surface area contributed by atoms with E-state index < -0.39 is 0 Å². The Morgan fingerprint density at radius 3 is 2.50 bits per heavy atom. The summed E-state index contributed by atoms with van der Waals surface area (Å²) in [5.74, 6) is 3.81. The summed E-state index contributed by atoms with van der Waals surface area (Å²) < 4.78 is 6.21. The standard InChI is InChI=1S/C17H22O/c1-7-12-9-13(8-2)15-14(10-12)16(3,4)11-17(5,6)18-15/h1,9-10H,8,11H2,2-6H3. The van der Waals surface area contributed by atoms with Crippen molar-refractivity contribution in [1.82, 2.24) is 0 Å². The summed E-state index contributed by atoms with van der Waals surface area (Å²) in [7, 11) is 0. The van der Waals surface area contributed by atoms with Gasteiger partial charge in [-0.05, 0) is 49.8 Å². The summed E-state index contributed by atoms with van der Waals surface area (Å²) in [4.78, 5) is 0. The largest absolute Gasteiger partial charge is 0.487 e. The molecule has 1 aliphatic heterocycles. The van der Waals surface area contributed by atoms with Gasteiger partial charge in [0.15, 0.2) is 0 Å². The highest BCUT2D eigenvalue weighted by molar-refractivity contribution is 5.53. The molecule has 0 radical (unpaired) electrons. The third-order valence-corrected chi connectivity index (χ3v) is 3.69. The number of terminal acetylenes is 1. The van der Waals surface area contributed by atoms with Gasteiger partial charge in [0, 0.05) is 11.1 Å². The molecule has 1 aromatic carbocycles. The molecule has 1 aromatic rings. The van der Waals surface area contributed by atoms with Crippen molar-refractivity contribution in [3.05, 3.63) is 28.8 Å². The van der Waals surface area contributed by atoms with Gasteiger partial charge in [-0.3, -0.25) is 0 Å². The lowest BCUT2D eigenvalue weighted by atomic mass is 9.72. The van der Waals surface area contributed by atoms with Gasteiger partial charge in [-0.2, -0.15) is 0 Å². The molecule has 0 aromatic heterocycles. The Balaban J connectivity index is 2.68. The first-order valence-corrected chi connectivity index (χ1v) is 6.62. The minimum Gasteiger partial charge on any atom is -0.487 e. The molecule has 1 heterocycles. The van der Waals surface area contributed by atoms with Crippen molar-refractivity contribution in [2.45, 2.75) is 58.5 Å². The summed E-state index contributed by atoms with van der Waals surface area (Å²) in [6, 6.07) is 4.19. The van der Waals surface area contributed by atoms with Crippen LogP contribution in [-0.4, -0.2) is 5.60 Å². The van der Waals surface area contributed by atoms with Gasteiger partial charge in [-0.15, -0.1) is 6.42 Å². The van der Waals surface area contributed by atoms with Crippen LogP contribution in [0.4, 0.5) is 0 Å². The van der Waals surface area contributed by atoms with Crippen LogP contribution >= 0.6 is 0 Å². The summed E-state index contributed by atoms with van der Waals surface area (Å²) in [5.41, 5.74) is 3.43. The lowest BCUT2D eigenvalue weighted by Crippen LogP contribution is -2.41. The summed E-state index contributed by atoms with van der Waals surface area (Å²) in [6.07, 6.45) is 7.51. The van der Waals surface area contributed by atoms with Crippen LogP contribution in [0.1, 0.15) is 57.7 Å². The highest BCUT2D eigenvalue weighted by atomic mass is 16.5. The van der Waals surface area contributed by atoms with Crippen molar-refractivity contribution >= 4 is 0 Å². The van der Waals surface area contributed by atoms with Crippen LogP contribution in [-0.2, 0) is 11.8 Å². The molecule has 0 aliphatic carbocycles. The van der Waals surface area contributed by atoms with Gasteiger partial charge in [0.25, 0.3) is 0 Å². The average molecular weight is 242 g/mol. The number of benzene rings is 1. The number of aryl methyl sites for hydroxylation is 1. The van der Waals surface area contributed by atoms with E-state index in [-0.39, 0.29) is 11.0 Å². The zero-order valence-electron chi connectivity index (χ0n) is 12.1. The van der Waals surface area contributed by atoms with Gasteiger partial charge in [0.2, 0.25) is 0 Å². The number of hydrogen-bond acceptors (Lipinski definition) is 1. The first-order valence-electron chi connectivity index (χ1n) is 6.62. The molecule has 1 nitrogen and oxygen atoms in total. The topological polar surface area (TPSA) is 9.23 Å². The van der Waals surface area contributed by atoms with Gasteiger partial charge in [-0.25, -0.2) is 0 Å². The lowest BCUT2D eigenvalue weighted by molar-refractivity contribution is 0.0522. The molecule has 0 saturated heterocycles. The maximum atomic E-state index is 6.21. The van der Waals surface area contributed by atoms with Crippen LogP contribution in [0.3, 0.4) is 0 Å². The molecular weight excluding hydrogens is 220 g/mol. The smallest absolute Gasteiger partial charge is 0.127 e. The first-order chi connectivity index (χ1) is 8.29. The van der Waals surface area contributed by atoms with Gasteiger partial charge < -0.3 is 4.74 Å². The second-order valence-corrected chi connectivity index (χ2v) is 6.43. The molecular formula is C17H22O. The molecule has 96 valence electrons. The van der Waals surface area contributed by atoms with Crippen LogP contribution < -0.4 is 4.74 Å². The molecule has 0 unspecified atom stereocenters. The van der Waals surface area contributed by atoms with Crippen molar-refractivity contribution in [2.75, 3.05) is 0 Å². The Bertz CT molecular complexity index is 515. The Hall–Kier alpha value is -1.42. The third kappa shape index (κ3) is 2.12. The Labute approximate surface area is 111 Å². The molecule has 18 heavy (non-hydrogen) atoms. The van der Waals surface area contributed by atoms with Gasteiger partial charge in [0.1, 0.15) is 11.4 Å². The molecule has 0 N–H and O–H groups in total. The number of rotatable bonds is 1. The normalized spacial score (nSPS) is 19.6. The highest BCUT2D eigenvalue weighted by Crippen LogP contribution is 2.46. The van der Waals surface area contributed by atoms with E-state index >= 15 is 0 Å². The van der Waals surface area contributed by atoms with Crippen LogP contribution in [0.15, 0.2) is 12.1 Å². The predicted molar refractivity (Wildman–Crippen MR) is 76.1 cm³/mol. The van der Waals surface area contributed by atoms with Gasteiger partial charge in [0.05, 0.1) is 0 Å². The molecule has 0 fully saturated rings. The van der Waals surface area contributed by atoms with E-state index in [0.717, 1.165) is 24.2 Å². The van der Waals surface area contributed by atoms with Crippen molar-refractivity contribution in [3.8, 4) is 18.1 Å². The fourth-order valence-electron chi connectivity index (χ4n) is 3.13. The fraction of sp³-hybridized carbons (Fsp3) is 0.529. The predicted octanol–water partition coefficient (Wildman–Crippen LogP) is 4.07. The fourth-order valence-corrected chi connectivity index (χ4v) is 3.13. The Morgan fingerprint density at radius 1 is 1.28 bits per heavy atom. The monoisotopic (exact) mass is 242 g/mol. The number of ether oxygens (including phenoxy) is 1. The number of fused-ring (bicyclic) bond motifs is 1. The van der Waals surface area contributed by atoms with E-state index in [1.165, 1.54) is 11.1 Å². The van der Waals surface area contributed by atoms with E-state index in [0.29, 0.717) is 0 Å². The van der Waals surface area contributed by atoms with E-state index in [4.69, 9.17) is 11.2 Å². The second kappa shape index (κ2) is 4.05. The van der Waals surface area contributed by atoms with Crippen LogP contribution in [0.25, 0.3) is 0 Å². The molecule has 2 rings (SSSR count). The maximum Gasteiger partial charge on any atom is 0.127 e. The molecule has 0 amide bonds. The van der Waals surface area contributed by atoms with Gasteiger partial charge >= 0.3 is 0 Å². The minimum atomic E-state index is -0.113. The van der Waals surface area contributed by atoms with Crippen LogP contribution in [0.2, 0.25) is 0 Å². The van der Waals surface area contributed by atoms with Crippen molar-refractivity contribution in [1.29, 1.82) is 0 Å². The lowest BCUT2D eigenvalue weighted by Gasteiger charge is -2.43. The first kappa shape index (κ1) is 13.0. The molecule has 1 heteroatoms. The number of hydrogen-bond donors (Lipinski definition) is 0. The average Bonchev–Trinajstić information content (AvgIpc) is 2.25. The Kier molecular flexibility index (Phi) is 2.93. The third-order valence-electron chi connectivity index (χ3n) is 3.69. The zero-order chi connectivity index (χ0) is 13.6. The van der Waals surface area contributed by atoms with Crippen molar-refractivity contribution in [2.24, 2.45) is 0 Å². The van der Waals surface area contributed by atoms with E-state index in [1.807, 2.05) is 0 Å². The molecule has 0 bridgehead atoms. The summed E-state index contributed by atoms with van der Waals surface area (Å²) in [5, 5.41) is 0. The van der Waals surface area contributed by atoms with E-state index in [9.17, 15) is 0 Å². The summed E-state index contributed by atoms with van der Waals surface area (Å²) in [6.45, 7) is 11.0. The minimum absolute atomic E-state index is 0.105. The second-order valence-electron chi connectivity index (χ2n) is 6.43. The molecule has 1 aliphatic rings. The SMILES string of the molecule is C#Cc1cc(CC)c2c(c1)C(C)(C)CC(C)(C)O2. The van der Waals surface area contributed by atoms with Gasteiger partial charge in [-0.1, -0.05) is 26.7 Å². The maximum absolute atomic E-state index is 6.21. The van der Waals surface area contributed by atoms with Crippen molar-refractivity contribution in [3.63, 3.8) is 0 Å². The van der Waals surface area contributed by atoms with E-state index in [2.05, 4.69) is 52.7 Å².